The highest BCUT2D eigenvalue weighted by atomic mass is 16.1. The summed E-state index contributed by atoms with van der Waals surface area (Å²) in [5.41, 5.74) is 1.21. The molecule has 1 aromatic rings. The van der Waals surface area contributed by atoms with Crippen molar-refractivity contribution in [2.24, 2.45) is 0 Å². The molecule has 4 heteroatoms. The molecule has 2 rings (SSSR count). The van der Waals surface area contributed by atoms with E-state index in [0.29, 0.717) is 19.0 Å². The molecule has 1 amide bonds. The van der Waals surface area contributed by atoms with Crippen LogP contribution in [0.1, 0.15) is 24.8 Å². The molecule has 0 spiro atoms. The van der Waals surface area contributed by atoms with E-state index < -0.39 is 0 Å². The van der Waals surface area contributed by atoms with E-state index in [9.17, 15) is 4.79 Å². The second-order valence-corrected chi connectivity index (χ2v) is 4.45. The number of nitrogens with one attached hydrogen (secondary N) is 2. The van der Waals surface area contributed by atoms with Gasteiger partial charge in [0.05, 0.1) is 0 Å². The molecule has 1 fully saturated rings. The van der Waals surface area contributed by atoms with Crippen molar-refractivity contribution < 1.29 is 4.79 Å². The minimum absolute atomic E-state index is 0.151. The van der Waals surface area contributed by atoms with Gasteiger partial charge in [0.2, 0.25) is 5.91 Å². The molecule has 0 aromatic carbocycles. The number of amides is 1. The molecule has 1 saturated heterocycles. The van der Waals surface area contributed by atoms with Gasteiger partial charge >= 0.3 is 0 Å². The maximum Gasteiger partial charge on any atom is 0.221 e. The predicted molar refractivity (Wildman–Crippen MR) is 66.6 cm³/mol. The highest BCUT2D eigenvalue weighted by Gasteiger charge is 2.16. The average Bonchev–Trinajstić information content (AvgIpc) is 2.83. The van der Waals surface area contributed by atoms with Gasteiger partial charge in [-0.15, -0.1) is 0 Å². The van der Waals surface area contributed by atoms with Gasteiger partial charge < -0.3 is 10.6 Å². The lowest BCUT2D eigenvalue weighted by atomic mass is 10.1. The van der Waals surface area contributed by atoms with Gasteiger partial charge in [-0.1, -0.05) is 0 Å². The van der Waals surface area contributed by atoms with Crippen molar-refractivity contribution in [3.05, 3.63) is 30.1 Å². The molecule has 92 valence electrons. The van der Waals surface area contributed by atoms with E-state index >= 15 is 0 Å². The Morgan fingerprint density at radius 1 is 1.47 bits per heavy atom. The molecular formula is C13H19N3O. The fraction of sp³-hybridized carbons (Fsp3) is 0.538. The zero-order chi connectivity index (χ0) is 11.9. The number of pyridine rings is 1. The van der Waals surface area contributed by atoms with Crippen LogP contribution >= 0.6 is 0 Å². The van der Waals surface area contributed by atoms with Crippen LogP contribution in [0.3, 0.4) is 0 Å². The number of carbonyl (C=O) groups excluding carboxylic acids is 1. The first-order valence-corrected chi connectivity index (χ1v) is 6.23. The van der Waals surface area contributed by atoms with Gasteiger partial charge in [-0.2, -0.15) is 0 Å². The summed E-state index contributed by atoms with van der Waals surface area (Å²) in [5.74, 6) is 0.151. The molecular weight excluding hydrogens is 214 g/mol. The summed E-state index contributed by atoms with van der Waals surface area (Å²) >= 11 is 0. The monoisotopic (exact) mass is 233 g/mol. The lowest BCUT2D eigenvalue weighted by molar-refractivity contribution is -0.121. The van der Waals surface area contributed by atoms with Crippen molar-refractivity contribution >= 4 is 5.91 Å². The SMILES string of the molecule is O=C(CC1CCCN1)NCCc1ccncc1. The van der Waals surface area contributed by atoms with Gasteiger partial charge in [-0.25, -0.2) is 0 Å². The number of nitrogens with zero attached hydrogens (tertiary/aromatic N) is 1. The molecule has 0 bridgehead atoms. The highest BCUT2D eigenvalue weighted by molar-refractivity contribution is 5.76. The lowest BCUT2D eigenvalue weighted by Crippen LogP contribution is -2.32. The lowest BCUT2D eigenvalue weighted by Gasteiger charge is -2.10. The van der Waals surface area contributed by atoms with Gasteiger partial charge in [0.1, 0.15) is 0 Å². The summed E-state index contributed by atoms with van der Waals surface area (Å²) in [5, 5.41) is 6.29. The van der Waals surface area contributed by atoms with Crippen molar-refractivity contribution in [1.82, 2.24) is 15.6 Å². The Labute approximate surface area is 102 Å². The minimum Gasteiger partial charge on any atom is -0.356 e. The quantitative estimate of drug-likeness (QED) is 0.794. The van der Waals surface area contributed by atoms with E-state index in [1.807, 2.05) is 12.1 Å². The average molecular weight is 233 g/mol. The zero-order valence-electron chi connectivity index (χ0n) is 9.98. The third-order valence-corrected chi connectivity index (χ3v) is 3.08. The first-order valence-electron chi connectivity index (χ1n) is 6.23. The van der Waals surface area contributed by atoms with Crippen molar-refractivity contribution in [1.29, 1.82) is 0 Å². The Bertz CT molecular complexity index is 347. The van der Waals surface area contributed by atoms with Crippen molar-refractivity contribution in [2.45, 2.75) is 31.7 Å². The Kier molecular flexibility index (Phi) is 4.50. The van der Waals surface area contributed by atoms with Crippen LogP contribution in [0.25, 0.3) is 0 Å². The summed E-state index contributed by atoms with van der Waals surface area (Å²) in [6.45, 7) is 1.75. The first-order chi connectivity index (χ1) is 8.34. The fourth-order valence-electron chi connectivity index (χ4n) is 2.12. The Morgan fingerprint density at radius 2 is 2.29 bits per heavy atom. The second-order valence-electron chi connectivity index (χ2n) is 4.45. The molecule has 0 radical (unpaired) electrons. The van der Waals surface area contributed by atoms with Crippen LogP contribution in [-0.2, 0) is 11.2 Å². The van der Waals surface area contributed by atoms with Gasteiger partial charge in [0.15, 0.2) is 0 Å². The zero-order valence-corrected chi connectivity index (χ0v) is 9.98. The molecule has 2 N–H and O–H groups in total. The number of hydrogen-bond acceptors (Lipinski definition) is 3. The first kappa shape index (κ1) is 12.0. The summed E-state index contributed by atoms with van der Waals surface area (Å²) < 4.78 is 0. The molecule has 0 saturated carbocycles. The molecule has 1 aromatic heterocycles. The van der Waals surface area contributed by atoms with Crippen LogP contribution in [-0.4, -0.2) is 30.0 Å². The molecule has 1 atom stereocenters. The Hall–Kier alpha value is -1.42. The Balaban J connectivity index is 1.63. The fourth-order valence-corrected chi connectivity index (χ4v) is 2.12. The minimum atomic E-state index is 0.151. The van der Waals surface area contributed by atoms with Crippen LogP contribution in [0.4, 0.5) is 0 Å². The van der Waals surface area contributed by atoms with Crippen LogP contribution in [0.5, 0.6) is 0 Å². The largest absolute Gasteiger partial charge is 0.356 e. The van der Waals surface area contributed by atoms with E-state index in [1.165, 1.54) is 12.0 Å². The molecule has 1 aliphatic rings. The van der Waals surface area contributed by atoms with Gasteiger partial charge in [0, 0.05) is 31.4 Å². The summed E-state index contributed by atoms with van der Waals surface area (Å²) in [4.78, 5) is 15.6. The summed E-state index contributed by atoms with van der Waals surface area (Å²) in [6.07, 6.45) is 7.34. The van der Waals surface area contributed by atoms with Crippen LogP contribution in [0, 0.1) is 0 Å². The maximum absolute atomic E-state index is 11.6. The number of carbonyl (C=O) groups is 1. The smallest absolute Gasteiger partial charge is 0.221 e. The van der Waals surface area contributed by atoms with E-state index in [0.717, 1.165) is 19.4 Å². The normalized spacial score (nSPS) is 19.2. The number of aromatic nitrogens is 1. The topological polar surface area (TPSA) is 54.0 Å². The molecule has 17 heavy (non-hydrogen) atoms. The Morgan fingerprint density at radius 3 is 3.00 bits per heavy atom. The van der Waals surface area contributed by atoms with E-state index in [2.05, 4.69) is 15.6 Å². The summed E-state index contributed by atoms with van der Waals surface area (Å²) in [7, 11) is 0. The van der Waals surface area contributed by atoms with Crippen LogP contribution in [0.2, 0.25) is 0 Å². The molecule has 0 aliphatic carbocycles. The van der Waals surface area contributed by atoms with Crippen molar-refractivity contribution in [2.75, 3.05) is 13.1 Å². The van der Waals surface area contributed by atoms with E-state index in [4.69, 9.17) is 0 Å². The van der Waals surface area contributed by atoms with Crippen molar-refractivity contribution in [3.63, 3.8) is 0 Å². The predicted octanol–water partition coefficient (Wildman–Crippen LogP) is 0.882. The van der Waals surface area contributed by atoms with Gasteiger partial charge in [-0.05, 0) is 43.5 Å². The third-order valence-electron chi connectivity index (χ3n) is 3.08. The van der Waals surface area contributed by atoms with Crippen LogP contribution < -0.4 is 10.6 Å². The third kappa shape index (κ3) is 4.15. The maximum atomic E-state index is 11.6. The van der Waals surface area contributed by atoms with E-state index in [1.54, 1.807) is 12.4 Å². The van der Waals surface area contributed by atoms with Crippen molar-refractivity contribution in [3.8, 4) is 0 Å². The molecule has 2 heterocycles. The van der Waals surface area contributed by atoms with E-state index in [-0.39, 0.29) is 5.91 Å². The number of hydrogen-bond donors (Lipinski definition) is 2. The molecule has 4 nitrogen and oxygen atoms in total. The van der Waals surface area contributed by atoms with Gasteiger partial charge in [-0.3, -0.25) is 9.78 Å². The molecule has 1 unspecified atom stereocenters. The van der Waals surface area contributed by atoms with Crippen LogP contribution in [0.15, 0.2) is 24.5 Å². The standard InChI is InChI=1S/C13H19N3O/c17-13(10-12-2-1-6-15-12)16-9-5-11-3-7-14-8-4-11/h3-4,7-8,12,15H,1-2,5-6,9-10H2,(H,16,17). The van der Waals surface area contributed by atoms with Gasteiger partial charge in [0.25, 0.3) is 0 Å². The number of rotatable bonds is 5. The highest BCUT2D eigenvalue weighted by Crippen LogP contribution is 2.08. The summed E-state index contributed by atoms with van der Waals surface area (Å²) in [6, 6.07) is 4.34. The second kappa shape index (κ2) is 6.35. The molecule has 1 aliphatic heterocycles.